The molecule has 0 aliphatic carbocycles. The van der Waals surface area contributed by atoms with E-state index in [1.165, 1.54) is 6.20 Å². The summed E-state index contributed by atoms with van der Waals surface area (Å²) in [7, 11) is 1.15. The molecule has 326 valence electrons. The van der Waals surface area contributed by atoms with E-state index in [0.717, 1.165) is 7.14 Å². The lowest BCUT2D eigenvalue weighted by molar-refractivity contribution is 0.0513. The number of fused-ring (bicyclic) bond motifs is 2. The zero-order chi connectivity index (χ0) is 45.0. The van der Waals surface area contributed by atoms with Gasteiger partial charge in [0.15, 0.2) is 8.32 Å². The summed E-state index contributed by atoms with van der Waals surface area (Å²) >= 11 is 4.23. The van der Waals surface area contributed by atoms with E-state index in [1.807, 2.05) is 31.4 Å². The largest absolute Gasteiger partial charge is 0.496 e. The first-order valence-corrected chi connectivity index (χ1v) is 24.7. The van der Waals surface area contributed by atoms with Gasteiger partial charge in [-0.25, -0.2) is 9.59 Å². The molecule has 2 aromatic heterocycles. The van der Waals surface area contributed by atoms with Gasteiger partial charge in [0.2, 0.25) is 10.9 Å². The van der Waals surface area contributed by atoms with Crippen LogP contribution in [0, 0.1) is 18.0 Å². The van der Waals surface area contributed by atoms with Gasteiger partial charge in [-0.05, 0) is 100 Å². The Hall–Kier alpha value is -3.00. The monoisotopic (exact) mass is 1060 g/mol. The fourth-order valence-electron chi connectivity index (χ4n) is 6.27. The number of hydrogen-bond donors (Lipinski definition) is 1. The molecule has 0 unspecified atom stereocenters. The van der Waals surface area contributed by atoms with Crippen molar-refractivity contribution in [2.24, 2.45) is 10.8 Å². The Kier molecular flexibility index (Phi) is 16.9. The van der Waals surface area contributed by atoms with Gasteiger partial charge in [0, 0.05) is 35.3 Å². The highest BCUT2D eigenvalue weighted by Gasteiger charge is 2.39. The van der Waals surface area contributed by atoms with E-state index in [-0.39, 0.29) is 69.8 Å². The topological polar surface area (TPSA) is 145 Å². The number of ether oxygens (including phenoxy) is 4. The van der Waals surface area contributed by atoms with Gasteiger partial charge in [-0.1, -0.05) is 62.3 Å². The van der Waals surface area contributed by atoms with Crippen molar-refractivity contribution in [1.29, 1.82) is 0 Å². The van der Waals surface area contributed by atoms with Crippen LogP contribution in [0.25, 0.3) is 21.8 Å². The number of aliphatic hydroxyl groups excluding tert-OH is 1. The van der Waals surface area contributed by atoms with Gasteiger partial charge in [0.05, 0.1) is 70.9 Å². The molecule has 2 heterocycles. The average Bonchev–Trinajstić information content (AvgIpc) is 3.12. The summed E-state index contributed by atoms with van der Waals surface area (Å²) in [5.74, 6) is 0.0327. The smallest absolute Gasteiger partial charge is 0.343 e. The van der Waals surface area contributed by atoms with Gasteiger partial charge in [0.1, 0.15) is 22.6 Å². The third kappa shape index (κ3) is 11.5. The second-order valence-electron chi connectivity index (χ2n) is 18.0. The molecule has 0 aliphatic rings. The minimum atomic E-state index is -2.03. The molecule has 2 aromatic carbocycles. The first kappa shape index (κ1) is 50.4. The standard InChI is InChI=1S/C25H38INO5Si.C19H24INO5/c1-11-31-23(29)17-14-27(19-13-20(30-8)18(26)12-16(19)22(17)28)21(24(2,3)4)15-32-33(9,10)25(5,6)7;1-6-26-18(24)12-9-21(16(10-22)19(2,3)4)14-8-15(25-5)13(20)7-11(14)17(12)23/h12-14,21H,11,15H2,1-10H3;7-9,16,22H,6,10H2,1-5H3/t21-;16-/m11/s1. The Morgan fingerprint density at radius 3 is 1.37 bits per heavy atom. The van der Waals surface area contributed by atoms with Crippen LogP contribution >= 0.6 is 45.2 Å². The molecule has 0 saturated heterocycles. The second-order valence-corrected chi connectivity index (χ2v) is 25.2. The highest BCUT2D eigenvalue weighted by atomic mass is 127. The Labute approximate surface area is 376 Å². The predicted molar refractivity (Wildman–Crippen MR) is 254 cm³/mol. The zero-order valence-electron chi connectivity index (χ0n) is 37.2. The minimum Gasteiger partial charge on any atom is -0.496 e. The molecule has 1 N–H and O–H groups in total. The van der Waals surface area contributed by atoms with E-state index in [0.29, 0.717) is 39.9 Å². The van der Waals surface area contributed by atoms with Crippen molar-refractivity contribution < 1.29 is 38.1 Å². The van der Waals surface area contributed by atoms with Gasteiger partial charge in [-0.15, -0.1) is 0 Å². The highest BCUT2D eigenvalue weighted by Crippen LogP contribution is 2.41. The maximum absolute atomic E-state index is 13.3. The van der Waals surface area contributed by atoms with Crippen molar-refractivity contribution in [3.8, 4) is 11.5 Å². The summed E-state index contributed by atoms with van der Waals surface area (Å²) in [6, 6.07) is 6.65. The van der Waals surface area contributed by atoms with Crippen LogP contribution in [-0.2, 0) is 13.9 Å². The van der Waals surface area contributed by atoms with Crippen LogP contribution in [0.3, 0.4) is 0 Å². The normalized spacial score (nSPS) is 13.4. The molecule has 0 radical (unpaired) electrons. The Morgan fingerprint density at radius 1 is 0.695 bits per heavy atom. The maximum Gasteiger partial charge on any atom is 0.343 e. The summed E-state index contributed by atoms with van der Waals surface area (Å²) < 4.78 is 33.2. The number of carbonyl (C=O) groups excluding carboxylic acids is 2. The van der Waals surface area contributed by atoms with E-state index >= 15 is 0 Å². The quantitative estimate of drug-likeness (QED) is 0.0828. The maximum atomic E-state index is 13.3. The first-order chi connectivity index (χ1) is 27.2. The molecule has 59 heavy (non-hydrogen) atoms. The van der Waals surface area contributed by atoms with Gasteiger partial charge in [-0.3, -0.25) is 9.59 Å². The number of pyridine rings is 2. The number of esters is 2. The summed E-state index contributed by atoms with van der Waals surface area (Å²) in [6.07, 6.45) is 3.13. The Morgan fingerprint density at radius 2 is 1.07 bits per heavy atom. The highest BCUT2D eigenvalue weighted by molar-refractivity contribution is 14.1. The first-order valence-electron chi connectivity index (χ1n) is 19.6. The number of aliphatic hydroxyl groups is 1. The molecule has 0 amide bonds. The van der Waals surface area contributed by atoms with E-state index in [1.54, 1.807) is 57.0 Å². The zero-order valence-corrected chi connectivity index (χ0v) is 42.5. The van der Waals surface area contributed by atoms with Crippen molar-refractivity contribution in [2.45, 2.75) is 106 Å². The number of nitrogens with zero attached hydrogens (tertiary/aromatic N) is 2. The van der Waals surface area contributed by atoms with Gasteiger partial charge in [0.25, 0.3) is 0 Å². The summed E-state index contributed by atoms with van der Waals surface area (Å²) in [4.78, 5) is 51.2. The lowest BCUT2D eigenvalue weighted by Gasteiger charge is -2.40. The molecular formula is C44H62I2N2O10Si. The van der Waals surface area contributed by atoms with E-state index in [9.17, 15) is 24.3 Å². The van der Waals surface area contributed by atoms with Crippen molar-refractivity contribution in [3.05, 3.63) is 75.4 Å². The molecule has 0 aliphatic heterocycles. The number of methoxy groups -OCH3 is 2. The third-order valence-corrected chi connectivity index (χ3v) is 17.0. The number of benzene rings is 2. The van der Waals surface area contributed by atoms with Crippen LogP contribution in [0.15, 0.2) is 46.2 Å². The SMILES string of the molecule is CCOC(=O)c1cn([C@H](CO)C(C)(C)C)c2cc(OC)c(I)cc2c1=O.CCOC(=O)c1cn([C@H](CO[Si](C)(C)C(C)(C)C)C(C)(C)C)c2cc(OC)c(I)cc2c1=O. The summed E-state index contributed by atoms with van der Waals surface area (Å²) in [5, 5.41) is 10.9. The Bertz CT molecular complexity index is 2280. The predicted octanol–water partition coefficient (Wildman–Crippen LogP) is 9.77. The number of aromatic nitrogens is 2. The van der Waals surface area contributed by atoms with Crippen molar-refractivity contribution in [2.75, 3.05) is 40.6 Å². The second kappa shape index (κ2) is 19.8. The number of hydrogen-bond acceptors (Lipinski definition) is 10. The molecule has 2 atom stereocenters. The van der Waals surface area contributed by atoms with Crippen LogP contribution < -0.4 is 20.3 Å². The minimum absolute atomic E-state index is 0.0342. The molecule has 15 heteroatoms. The third-order valence-electron chi connectivity index (χ3n) is 10.9. The van der Waals surface area contributed by atoms with Crippen LogP contribution in [0.1, 0.15) is 109 Å². The van der Waals surface area contributed by atoms with Crippen LogP contribution in [0.2, 0.25) is 18.1 Å². The lowest BCUT2D eigenvalue weighted by atomic mass is 9.86. The van der Waals surface area contributed by atoms with Crippen LogP contribution in [0.5, 0.6) is 11.5 Å². The lowest BCUT2D eigenvalue weighted by Crippen LogP contribution is -2.43. The van der Waals surface area contributed by atoms with Gasteiger partial charge < -0.3 is 37.6 Å². The van der Waals surface area contributed by atoms with E-state index < -0.39 is 20.3 Å². The number of carbonyl (C=O) groups is 2. The van der Waals surface area contributed by atoms with Crippen LogP contribution in [0.4, 0.5) is 0 Å². The van der Waals surface area contributed by atoms with E-state index in [4.69, 9.17) is 23.4 Å². The van der Waals surface area contributed by atoms with Gasteiger partial charge >= 0.3 is 11.9 Å². The Balaban J connectivity index is 0.000000324. The molecule has 4 aromatic rings. The van der Waals surface area contributed by atoms with Crippen LogP contribution in [-0.4, -0.2) is 75.1 Å². The molecular weight excluding hydrogens is 998 g/mol. The molecule has 0 spiro atoms. The van der Waals surface area contributed by atoms with Crippen molar-refractivity contribution >= 4 is 87.2 Å². The number of halogens is 2. The molecule has 12 nitrogen and oxygen atoms in total. The molecule has 0 bridgehead atoms. The van der Waals surface area contributed by atoms with Crippen molar-refractivity contribution in [1.82, 2.24) is 9.13 Å². The fourth-order valence-corrected chi connectivity index (χ4v) is 8.65. The summed E-state index contributed by atoms with van der Waals surface area (Å²) in [5.41, 5.74) is 0.0678. The van der Waals surface area contributed by atoms with Crippen molar-refractivity contribution in [3.63, 3.8) is 0 Å². The van der Waals surface area contributed by atoms with E-state index in [2.05, 4.69) is 99.8 Å². The fraction of sp³-hybridized carbons (Fsp3) is 0.545. The summed E-state index contributed by atoms with van der Waals surface area (Å²) in [6.45, 7) is 27.6. The molecule has 0 saturated carbocycles. The number of rotatable bonds is 12. The average molecular weight is 1060 g/mol. The molecule has 0 fully saturated rings. The van der Waals surface area contributed by atoms with Gasteiger partial charge in [-0.2, -0.15) is 0 Å². The molecule has 4 rings (SSSR count).